The van der Waals surface area contributed by atoms with E-state index in [0.29, 0.717) is 0 Å². The summed E-state index contributed by atoms with van der Waals surface area (Å²) in [4.78, 5) is 10.0. The molecular weight excluding hydrogens is 356 g/mol. The maximum Gasteiger partial charge on any atom is 0.187 e. The van der Waals surface area contributed by atoms with Crippen LogP contribution in [-0.4, -0.2) is 21.6 Å². The van der Waals surface area contributed by atoms with Crippen LogP contribution in [0.1, 0.15) is 16.1 Å². The average molecular weight is 376 g/mol. The molecule has 0 radical (unpaired) electrons. The molecule has 0 saturated carbocycles. The van der Waals surface area contributed by atoms with Crippen molar-refractivity contribution >= 4 is 22.2 Å². The van der Waals surface area contributed by atoms with Gasteiger partial charge in [0.05, 0.1) is 24.8 Å². The van der Waals surface area contributed by atoms with Gasteiger partial charge < -0.3 is 14.6 Å². The standard InChI is InChI=1S/C21H20N4OS/c1-15-13-25(14-23-15)19-9-8-17(11-20(19)26-2)24-21-22-12-18(27-21)10-16-6-4-3-5-7-16/h3-9,11-14H,10H2,1-2H3,(H,22,24). The first-order valence-corrected chi connectivity index (χ1v) is 9.47. The summed E-state index contributed by atoms with van der Waals surface area (Å²) in [5.41, 5.74) is 4.14. The van der Waals surface area contributed by atoms with Crippen LogP contribution in [0.25, 0.3) is 5.69 Å². The van der Waals surface area contributed by atoms with Gasteiger partial charge in [0.2, 0.25) is 0 Å². The first kappa shape index (κ1) is 17.3. The van der Waals surface area contributed by atoms with Gasteiger partial charge in [-0.05, 0) is 24.6 Å². The zero-order valence-corrected chi connectivity index (χ0v) is 16.0. The Hall–Kier alpha value is -3.12. The fraction of sp³-hybridized carbons (Fsp3) is 0.143. The molecule has 0 fully saturated rings. The molecule has 0 aliphatic heterocycles. The maximum atomic E-state index is 5.57. The molecule has 0 spiro atoms. The van der Waals surface area contributed by atoms with Crippen LogP contribution in [-0.2, 0) is 6.42 Å². The molecule has 5 nitrogen and oxygen atoms in total. The zero-order valence-electron chi connectivity index (χ0n) is 15.2. The fourth-order valence-electron chi connectivity index (χ4n) is 2.89. The molecule has 27 heavy (non-hydrogen) atoms. The number of anilines is 2. The third kappa shape index (κ3) is 4.01. The summed E-state index contributed by atoms with van der Waals surface area (Å²) in [6, 6.07) is 16.4. The molecule has 2 aromatic carbocycles. The van der Waals surface area contributed by atoms with Gasteiger partial charge >= 0.3 is 0 Å². The lowest BCUT2D eigenvalue weighted by Gasteiger charge is -2.11. The lowest BCUT2D eigenvalue weighted by atomic mass is 10.1. The van der Waals surface area contributed by atoms with E-state index in [1.165, 1.54) is 10.4 Å². The van der Waals surface area contributed by atoms with Crippen LogP contribution < -0.4 is 10.1 Å². The predicted octanol–water partition coefficient (Wildman–Crippen LogP) is 4.98. The van der Waals surface area contributed by atoms with Crippen LogP contribution in [0, 0.1) is 6.92 Å². The van der Waals surface area contributed by atoms with Crippen LogP contribution in [0.4, 0.5) is 10.8 Å². The van der Waals surface area contributed by atoms with Crippen molar-refractivity contribution < 1.29 is 4.74 Å². The highest BCUT2D eigenvalue weighted by atomic mass is 32.1. The lowest BCUT2D eigenvalue weighted by molar-refractivity contribution is 0.413. The number of hydrogen-bond donors (Lipinski definition) is 1. The summed E-state index contributed by atoms with van der Waals surface area (Å²) in [6.07, 6.45) is 6.58. The van der Waals surface area contributed by atoms with Crippen LogP contribution in [0.3, 0.4) is 0 Å². The van der Waals surface area contributed by atoms with Crippen LogP contribution >= 0.6 is 11.3 Å². The molecule has 0 aliphatic carbocycles. The third-order valence-corrected chi connectivity index (χ3v) is 5.11. The predicted molar refractivity (Wildman–Crippen MR) is 109 cm³/mol. The zero-order chi connectivity index (χ0) is 18.6. The maximum absolute atomic E-state index is 5.57. The first-order chi connectivity index (χ1) is 13.2. The molecule has 0 atom stereocenters. The molecule has 2 heterocycles. The number of ether oxygens (including phenoxy) is 1. The first-order valence-electron chi connectivity index (χ1n) is 8.66. The number of imidazole rings is 1. The molecular formula is C21H20N4OS. The molecule has 4 rings (SSSR count). The average Bonchev–Trinajstić information content (AvgIpc) is 3.31. The van der Waals surface area contributed by atoms with Gasteiger partial charge in [0.25, 0.3) is 0 Å². The highest BCUT2D eigenvalue weighted by Gasteiger charge is 2.09. The van der Waals surface area contributed by atoms with E-state index in [-0.39, 0.29) is 0 Å². The van der Waals surface area contributed by atoms with E-state index < -0.39 is 0 Å². The second kappa shape index (κ2) is 7.63. The van der Waals surface area contributed by atoms with Gasteiger partial charge in [-0.1, -0.05) is 30.3 Å². The van der Waals surface area contributed by atoms with Crippen molar-refractivity contribution in [1.82, 2.24) is 14.5 Å². The molecule has 136 valence electrons. The Morgan fingerprint density at radius 2 is 1.96 bits per heavy atom. The Bertz CT molecular complexity index is 1040. The van der Waals surface area contributed by atoms with Crippen molar-refractivity contribution in [3.05, 3.63) is 83.4 Å². The molecule has 6 heteroatoms. The van der Waals surface area contributed by atoms with Gasteiger partial charge in [0.15, 0.2) is 5.13 Å². The minimum absolute atomic E-state index is 0.776. The molecule has 1 N–H and O–H groups in total. The second-order valence-electron chi connectivity index (χ2n) is 6.23. The highest BCUT2D eigenvalue weighted by molar-refractivity contribution is 7.15. The number of thiazole rings is 1. The van der Waals surface area contributed by atoms with E-state index in [0.717, 1.165) is 34.4 Å². The van der Waals surface area contributed by atoms with Crippen molar-refractivity contribution in [2.24, 2.45) is 0 Å². The van der Waals surface area contributed by atoms with E-state index in [9.17, 15) is 0 Å². The number of rotatable bonds is 6. The summed E-state index contributed by atoms with van der Waals surface area (Å²) in [7, 11) is 1.67. The topological polar surface area (TPSA) is 52.0 Å². The van der Waals surface area contributed by atoms with Crippen LogP contribution in [0.5, 0.6) is 5.75 Å². The Morgan fingerprint density at radius 1 is 1.11 bits per heavy atom. The van der Waals surface area contributed by atoms with Gasteiger partial charge in [0.1, 0.15) is 5.75 Å². The summed E-state index contributed by atoms with van der Waals surface area (Å²) in [5.74, 6) is 0.776. The van der Waals surface area contributed by atoms with Gasteiger partial charge in [-0.15, -0.1) is 11.3 Å². The van der Waals surface area contributed by atoms with Gasteiger partial charge in [-0.2, -0.15) is 0 Å². The Balaban J connectivity index is 1.51. The summed E-state index contributed by atoms with van der Waals surface area (Å²) >= 11 is 1.66. The molecule has 0 bridgehead atoms. The molecule has 4 aromatic rings. The van der Waals surface area contributed by atoms with Crippen LogP contribution in [0.15, 0.2) is 67.3 Å². The van der Waals surface area contributed by atoms with Crippen molar-refractivity contribution in [2.45, 2.75) is 13.3 Å². The summed E-state index contributed by atoms with van der Waals surface area (Å²) in [5, 5.41) is 4.24. The number of methoxy groups -OCH3 is 1. The third-order valence-electron chi connectivity index (χ3n) is 4.20. The normalized spacial score (nSPS) is 10.7. The van der Waals surface area contributed by atoms with Crippen LogP contribution in [0.2, 0.25) is 0 Å². The molecule has 0 aliphatic rings. The molecule has 2 aromatic heterocycles. The minimum atomic E-state index is 0.776. The van der Waals surface area contributed by atoms with E-state index >= 15 is 0 Å². The monoisotopic (exact) mass is 376 g/mol. The van der Waals surface area contributed by atoms with Crippen molar-refractivity contribution in [1.29, 1.82) is 0 Å². The summed E-state index contributed by atoms with van der Waals surface area (Å²) in [6.45, 7) is 1.97. The van der Waals surface area contributed by atoms with E-state index in [1.54, 1.807) is 24.8 Å². The number of aromatic nitrogens is 3. The van der Waals surface area contributed by atoms with Gasteiger partial charge in [-0.25, -0.2) is 9.97 Å². The van der Waals surface area contributed by atoms with Gasteiger partial charge in [-0.3, -0.25) is 0 Å². The minimum Gasteiger partial charge on any atom is -0.494 e. The molecule has 0 amide bonds. The van der Waals surface area contributed by atoms with E-state index in [1.807, 2.05) is 48.1 Å². The number of aryl methyl sites for hydroxylation is 1. The van der Waals surface area contributed by atoms with E-state index in [2.05, 4.69) is 39.6 Å². The van der Waals surface area contributed by atoms with Crippen molar-refractivity contribution in [3.63, 3.8) is 0 Å². The molecule has 0 saturated heterocycles. The number of nitrogens with one attached hydrogen (secondary N) is 1. The van der Waals surface area contributed by atoms with Crippen molar-refractivity contribution in [3.8, 4) is 11.4 Å². The SMILES string of the molecule is COc1cc(Nc2ncc(Cc3ccccc3)s2)ccc1-n1cnc(C)c1. The largest absolute Gasteiger partial charge is 0.494 e. The molecule has 0 unspecified atom stereocenters. The quantitative estimate of drug-likeness (QED) is 0.516. The van der Waals surface area contributed by atoms with Gasteiger partial charge in [0, 0.05) is 35.4 Å². The van der Waals surface area contributed by atoms with Crippen molar-refractivity contribution in [2.75, 3.05) is 12.4 Å². The van der Waals surface area contributed by atoms with E-state index in [4.69, 9.17) is 4.74 Å². The highest BCUT2D eigenvalue weighted by Crippen LogP contribution is 2.30. The second-order valence-corrected chi connectivity index (χ2v) is 7.34. The number of nitrogens with zero attached hydrogens (tertiary/aromatic N) is 3. The number of benzene rings is 2. The Morgan fingerprint density at radius 3 is 2.70 bits per heavy atom. The fourth-order valence-corrected chi connectivity index (χ4v) is 3.76. The number of hydrogen-bond acceptors (Lipinski definition) is 5. The smallest absolute Gasteiger partial charge is 0.187 e. The Labute approximate surface area is 162 Å². The lowest BCUT2D eigenvalue weighted by Crippen LogP contribution is -1.97. The Kier molecular flexibility index (Phi) is 4.89. The summed E-state index contributed by atoms with van der Waals surface area (Å²) < 4.78 is 7.52.